The Morgan fingerprint density at radius 3 is 1.74 bits per heavy atom. The maximum atomic E-state index is 12.8. The Balaban J connectivity index is 0.000000511. The summed E-state index contributed by atoms with van der Waals surface area (Å²) in [6.07, 6.45) is 0. The molecule has 38 heavy (non-hydrogen) atoms. The number of sulfonamides is 1. The molecule has 2 N–H and O–H groups in total. The van der Waals surface area contributed by atoms with Gasteiger partial charge in [0, 0.05) is 10.9 Å². The number of rotatable bonds is 7. The van der Waals surface area contributed by atoms with E-state index in [0.29, 0.717) is 5.92 Å². The van der Waals surface area contributed by atoms with E-state index in [9.17, 15) is 8.42 Å². The molecular formula is C31H34ClN2O2RuS. The number of hydrogen-bond acceptors (Lipinski definition) is 3. The minimum atomic E-state index is -3.83. The van der Waals surface area contributed by atoms with Gasteiger partial charge in [-0.25, -0.2) is 8.42 Å². The molecule has 4 aromatic rings. The summed E-state index contributed by atoms with van der Waals surface area (Å²) in [5.74, 6) is 0.622. The van der Waals surface area contributed by atoms with Gasteiger partial charge in [0.15, 0.2) is 0 Å². The van der Waals surface area contributed by atoms with Crippen LogP contribution in [0.1, 0.15) is 59.7 Å². The first-order chi connectivity index (χ1) is 17.2. The largest absolute Gasteiger partial charge is 3.00 e. The van der Waals surface area contributed by atoms with Gasteiger partial charge in [0.25, 0.3) is 0 Å². The van der Waals surface area contributed by atoms with E-state index in [-0.39, 0.29) is 36.8 Å². The smallest absolute Gasteiger partial charge is 1.00 e. The minimum absolute atomic E-state index is 0. The molecule has 0 spiro atoms. The van der Waals surface area contributed by atoms with Gasteiger partial charge in [-0.1, -0.05) is 117 Å². The quantitative estimate of drug-likeness (QED) is 0.242. The van der Waals surface area contributed by atoms with Crippen molar-refractivity contribution in [3.63, 3.8) is 0 Å². The van der Waals surface area contributed by atoms with Crippen molar-refractivity contribution < 1.29 is 40.3 Å². The van der Waals surface area contributed by atoms with E-state index in [1.54, 1.807) is 24.3 Å². The van der Waals surface area contributed by atoms with Crippen molar-refractivity contribution in [3.8, 4) is 0 Å². The minimum Gasteiger partial charge on any atom is -1.00 e. The molecule has 0 amide bonds. The van der Waals surface area contributed by atoms with Crippen LogP contribution in [0.3, 0.4) is 0 Å². The third-order valence-electron chi connectivity index (χ3n) is 5.90. The molecule has 1 radical (unpaired) electrons. The monoisotopic (exact) mass is 635 g/mol. The summed E-state index contributed by atoms with van der Waals surface area (Å²) in [7, 11) is -3.83. The SMILES string of the molecule is Cc1[c-]cc(C(C)C)cc1.Cc1ccc(S(=O)(=O)[N-][C@@H](c2ccccc2)[C@@H](N)c2ccccc2)cc1.[Cl-].[Ru+3]. The third kappa shape index (κ3) is 9.76. The van der Waals surface area contributed by atoms with Crippen molar-refractivity contribution in [2.75, 3.05) is 0 Å². The van der Waals surface area contributed by atoms with Crippen molar-refractivity contribution in [2.24, 2.45) is 5.73 Å². The summed E-state index contributed by atoms with van der Waals surface area (Å²) in [4.78, 5) is 0.171. The van der Waals surface area contributed by atoms with Gasteiger partial charge in [0.2, 0.25) is 0 Å². The molecule has 2 atom stereocenters. The molecule has 0 saturated heterocycles. The average molecular weight is 635 g/mol. The van der Waals surface area contributed by atoms with Gasteiger partial charge < -0.3 is 22.9 Å². The van der Waals surface area contributed by atoms with Crippen LogP contribution < -0.4 is 18.1 Å². The normalized spacial score (nSPS) is 12.3. The van der Waals surface area contributed by atoms with Gasteiger partial charge >= 0.3 is 19.5 Å². The Hall–Kier alpha value is -2.34. The molecule has 201 valence electrons. The molecule has 0 unspecified atom stereocenters. The molecule has 0 aliphatic heterocycles. The van der Waals surface area contributed by atoms with E-state index < -0.39 is 22.1 Å². The Labute approximate surface area is 247 Å². The Bertz CT molecular complexity index is 1320. The fourth-order valence-electron chi connectivity index (χ4n) is 3.64. The topological polar surface area (TPSA) is 74.3 Å². The third-order valence-corrected chi connectivity index (χ3v) is 7.27. The molecule has 0 aliphatic carbocycles. The molecule has 0 fully saturated rings. The molecule has 0 aliphatic rings. The van der Waals surface area contributed by atoms with Crippen LogP contribution in [0, 0.1) is 19.9 Å². The second kappa shape index (κ2) is 15.9. The number of hydrogen-bond donors (Lipinski definition) is 1. The van der Waals surface area contributed by atoms with Crippen molar-refractivity contribution in [2.45, 2.75) is 50.6 Å². The standard InChI is InChI=1S/C21H21N2O2S.C10H13.ClH.Ru/c1-16-12-14-19(15-13-16)26(24,25)23-21(18-10-6-3-7-11-18)20(22)17-8-4-2-5-9-17;1-8(2)10-6-4-9(3)5-7-10;;/h2-15,20-21H,22H2,1H3;4,6-8H,1-3H3;1H;/q2*-1;;+3/p-1/t20-,21-;;;/m0.../s1. The van der Waals surface area contributed by atoms with Gasteiger partial charge in [-0.05, 0) is 24.6 Å². The second-order valence-electron chi connectivity index (χ2n) is 9.15. The number of aryl methyl sites for hydroxylation is 2. The van der Waals surface area contributed by atoms with E-state index in [4.69, 9.17) is 5.73 Å². The van der Waals surface area contributed by atoms with Crippen LogP contribution in [0.25, 0.3) is 4.72 Å². The van der Waals surface area contributed by atoms with E-state index in [2.05, 4.69) is 49.8 Å². The molecular weight excluding hydrogens is 601 g/mol. The number of nitrogens with two attached hydrogens (primary N) is 1. The second-order valence-corrected chi connectivity index (χ2v) is 10.8. The van der Waals surface area contributed by atoms with Gasteiger partial charge in [-0.3, -0.25) is 0 Å². The zero-order valence-corrected chi connectivity index (χ0v) is 25.3. The molecule has 0 saturated carbocycles. The van der Waals surface area contributed by atoms with E-state index in [1.165, 1.54) is 11.1 Å². The maximum absolute atomic E-state index is 12.8. The van der Waals surface area contributed by atoms with Crippen LogP contribution in [0.4, 0.5) is 0 Å². The fraction of sp³-hybridized carbons (Fsp3) is 0.226. The number of nitrogens with zero attached hydrogens (tertiary/aromatic N) is 1. The summed E-state index contributed by atoms with van der Waals surface area (Å²) in [5, 5.41) is 0. The van der Waals surface area contributed by atoms with Gasteiger partial charge in [0.1, 0.15) is 10.0 Å². The predicted molar refractivity (Wildman–Crippen MR) is 148 cm³/mol. The van der Waals surface area contributed by atoms with E-state index in [1.807, 2.05) is 67.6 Å². The average Bonchev–Trinajstić information content (AvgIpc) is 2.89. The first kappa shape index (κ1) is 33.7. The summed E-state index contributed by atoms with van der Waals surface area (Å²) in [6, 6.07) is 33.6. The first-order valence-electron chi connectivity index (χ1n) is 12.0. The summed E-state index contributed by atoms with van der Waals surface area (Å²) >= 11 is 0. The molecule has 0 aromatic heterocycles. The molecule has 0 heterocycles. The number of halogens is 1. The van der Waals surface area contributed by atoms with Crippen LogP contribution in [0.5, 0.6) is 0 Å². The molecule has 7 heteroatoms. The van der Waals surface area contributed by atoms with Crippen molar-refractivity contribution >= 4 is 10.0 Å². The fourth-order valence-corrected chi connectivity index (χ4v) is 4.79. The molecule has 4 aromatic carbocycles. The van der Waals surface area contributed by atoms with Crippen molar-refractivity contribution in [3.05, 3.63) is 142 Å². The maximum Gasteiger partial charge on any atom is 3.00 e. The molecule has 4 rings (SSSR count). The Morgan fingerprint density at radius 1 is 0.737 bits per heavy atom. The van der Waals surface area contributed by atoms with Crippen LogP contribution in [0.15, 0.2) is 108 Å². The summed E-state index contributed by atoms with van der Waals surface area (Å²) in [6.45, 7) is 8.35. The van der Waals surface area contributed by atoms with Crippen LogP contribution in [-0.4, -0.2) is 8.42 Å². The van der Waals surface area contributed by atoms with Gasteiger partial charge in [-0.2, -0.15) is 35.4 Å². The summed E-state index contributed by atoms with van der Waals surface area (Å²) < 4.78 is 29.9. The van der Waals surface area contributed by atoms with E-state index in [0.717, 1.165) is 16.7 Å². The molecule has 0 bridgehead atoms. The first-order valence-corrected chi connectivity index (χ1v) is 13.5. The zero-order valence-electron chi connectivity index (χ0n) is 22.0. The van der Waals surface area contributed by atoms with E-state index >= 15 is 0 Å². The van der Waals surface area contributed by atoms with Crippen LogP contribution >= 0.6 is 0 Å². The molecule has 4 nitrogen and oxygen atoms in total. The van der Waals surface area contributed by atoms with Gasteiger partial charge in [0.05, 0.1) is 0 Å². The van der Waals surface area contributed by atoms with Crippen LogP contribution in [-0.2, 0) is 29.5 Å². The number of benzene rings is 4. The Morgan fingerprint density at radius 2 is 1.26 bits per heavy atom. The van der Waals surface area contributed by atoms with Crippen molar-refractivity contribution in [1.29, 1.82) is 0 Å². The van der Waals surface area contributed by atoms with Crippen LogP contribution in [0.2, 0.25) is 0 Å². The Kier molecular flexibility index (Phi) is 14.1. The summed E-state index contributed by atoms with van der Waals surface area (Å²) in [5.41, 5.74) is 11.6. The van der Waals surface area contributed by atoms with Crippen molar-refractivity contribution in [1.82, 2.24) is 0 Å². The zero-order chi connectivity index (χ0) is 26.1. The van der Waals surface area contributed by atoms with Gasteiger partial charge in [-0.15, -0.1) is 0 Å². The predicted octanol–water partition coefficient (Wildman–Crippen LogP) is 4.42.